The first-order valence-corrected chi connectivity index (χ1v) is 13.5. The highest BCUT2D eigenvalue weighted by atomic mass is 16.3. The zero-order valence-electron chi connectivity index (χ0n) is 20.8. The molecule has 3 N–H and O–H groups in total. The Bertz CT molecular complexity index is 1400. The summed E-state index contributed by atoms with van der Waals surface area (Å²) in [5.74, 6) is 1.77. The van der Waals surface area contributed by atoms with Crippen molar-refractivity contribution in [2.45, 2.75) is 51.1 Å². The van der Waals surface area contributed by atoms with Crippen LogP contribution in [0.3, 0.4) is 0 Å². The summed E-state index contributed by atoms with van der Waals surface area (Å²) in [6, 6.07) is 15.6. The topological polar surface area (TPSA) is 58.3 Å². The van der Waals surface area contributed by atoms with Crippen molar-refractivity contribution in [3.05, 3.63) is 65.0 Å². The number of phenols is 1. The van der Waals surface area contributed by atoms with Crippen LogP contribution in [0.4, 0.5) is 0 Å². The zero-order valence-corrected chi connectivity index (χ0v) is 20.8. The summed E-state index contributed by atoms with van der Waals surface area (Å²) in [5, 5.41) is 12.7. The van der Waals surface area contributed by atoms with Crippen LogP contribution in [0.15, 0.2) is 42.5 Å². The number of aromatic hydroxyl groups is 1. The van der Waals surface area contributed by atoms with Crippen LogP contribution >= 0.6 is 0 Å². The molecule has 5 heteroatoms. The summed E-state index contributed by atoms with van der Waals surface area (Å²) in [7, 11) is 2.32. The van der Waals surface area contributed by atoms with Gasteiger partial charge in [-0.3, -0.25) is 9.80 Å². The third-order valence-corrected chi connectivity index (χ3v) is 9.48. The van der Waals surface area contributed by atoms with Crippen molar-refractivity contribution < 1.29 is 5.11 Å². The Morgan fingerprint density at radius 3 is 2.57 bits per heavy atom. The highest BCUT2D eigenvalue weighted by molar-refractivity contribution is 5.86. The molecule has 182 valence electrons. The molecule has 1 saturated heterocycles. The average Bonchev–Trinajstić information content (AvgIpc) is 3.43. The number of fused-ring (bicyclic) bond motifs is 8. The lowest BCUT2D eigenvalue weighted by atomic mass is 9.73. The minimum atomic E-state index is 0.343. The van der Waals surface area contributed by atoms with Crippen molar-refractivity contribution in [3.8, 4) is 5.75 Å². The van der Waals surface area contributed by atoms with Crippen LogP contribution in [0.2, 0.25) is 0 Å². The average molecular weight is 469 g/mol. The Labute approximate surface area is 207 Å². The lowest BCUT2D eigenvalue weighted by Gasteiger charge is -2.48. The molecule has 0 saturated carbocycles. The molecular formula is C30H36N4O. The van der Waals surface area contributed by atoms with Gasteiger partial charge in [-0.1, -0.05) is 31.5 Å². The van der Waals surface area contributed by atoms with Crippen LogP contribution in [-0.2, 0) is 12.8 Å². The summed E-state index contributed by atoms with van der Waals surface area (Å²) in [6.07, 6.45) is 5.91. The maximum atomic E-state index is 10.0. The van der Waals surface area contributed by atoms with E-state index in [2.05, 4.69) is 64.1 Å². The number of likely N-dealkylation sites (N-methyl/N-ethyl adjacent to an activating group) is 1. The van der Waals surface area contributed by atoms with Crippen LogP contribution in [0.5, 0.6) is 5.75 Å². The number of hydrogen-bond acceptors (Lipinski definition) is 3. The van der Waals surface area contributed by atoms with Crippen molar-refractivity contribution >= 4 is 21.8 Å². The minimum absolute atomic E-state index is 0.343. The molecule has 2 aromatic heterocycles. The second-order valence-corrected chi connectivity index (χ2v) is 11.2. The molecule has 0 aliphatic carbocycles. The van der Waals surface area contributed by atoms with E-state index >= 15 is 0 Å². The first-order valence-electron chi connectivity index (χ1n) is 13.5. The molecule has 5 heterocycles. The molecule has 7 rings (SSSR count). The second kappa shape index (κ2) is 8.14. The fourth-order valence-corrected chi connectivity index (χ4v) is 7.60. The predicted octanol–water partition coefficient (Wildman–Crippen LogP) is 5.92. The van der Waals surface area contributed by atoms with Gasteiger partial charge >= 0.3 is 0 Å². The lowest BCUT2D eigenvalue weighted by Crippen LogP contribution is -2.47. The molecule has 4 atom stereocenters. The second-order valence-electron chi connectivity index (χ2n) is 11.2. The van der Waals surface area contributed by atoms with Crippen LogP contribution in [0, 0.1) is 11.8 Å². The Kier molecular flexibility index (Phi) is 5.00. The highest BCUT2D eigenvalue weighted by Crippen LogP contribution is 2.47. The number of aromatic nitrogens is 2. The summed E-state index contributed by atoms with van der Waals surface area (Å²) < 4.78 is 0. The highest BCUT2D eigenvalue weighted by Gasteiger charge is 2.41. The standard InChI is InChI=1S/C30H36N4O/c1-3-18-17-34-13-11-24-22-9-8-20(35)16-26(22)32-30(24)28(34)15-19(18)14-27-29-23(10-12-33(27)2)21-6-4-5-7-25(21)31-29/h4-9,16,18-19,27-28,31-32,35H,3,10-15,17H2,1-2H3/t18-,19-,27-,28-/m0/s1. The number of H-pyrrole nitrogens is 2. The maximum absolute atomic E-state index is 10.0. The Hall–Kier alpha value is -2.76. The van der Waals surface area contributed by atoms with Gasteiger partial charge in [0, 0.05) is 58.9 Å². The van der Waals surface area contributed by atoms with E-state index in [1.54, 1.807) is 5.56 Å². The Balaban J connectivity index is 1.23. The van der Waals surface area contributed by atoms with Crippen molar-refractivity contribution in [1.29, 1.82) is 0 Å². The van der Waals surface area contributed by atoms with Gasteiger partial charge in [0.05, 0.1) is 12.1 Å². The number of nitrogens with zero attached hydrogens (tertiary/aromatic N) is 2. The van der Waals surface area contributed by atoms with Crippen LogP contribution in [0.1, 0.15) is 60.8 Å². The molecule has 5 nitrogen and oxygen atoms in total. The van der Waals surface area contributed by atoms with Gasteiger partial charge < -0.3 is 15.1 Å². The van der Waals surface area contributed by atoms with Gasteiger partial charge in [0.1, 0.15) is 5.75 Å². The predicted molar refractivity (Wildman–Crippen MR) is 142 cm³/mol. The number of phenolic OH excluding ortho intramolecular Hbond substituents is 1. The lowest BCUT2D eigenvalue weighted by molar-refractivity contribution is 0.0325. The summed E-state index contributed by atoms with van der Waals surface area (Å²) >= 11 is 0. The van der Waals surface area contributed by atoms with Crippen molar-refractivity contribution in [1.82, 2.24) is 19.8 Å². The van der Waals surface area contributed by atoms with Crippen molar-refractivity contribution in [3.63, 3.8) is 0 Å². The minimum Gasteiger partial charge on any atom is -0.508 e. The fraction of sp³-hybridized carbons (Fsp3) is 0.467. The maximum Gasteiger partial charge on any atom is 0.117 e. The largest absolute Gasteiger partial charge is 0.508 e. The van der Waals surface area contributed by atoms with Gasteiger partial charge in [0.25, 0.3) is 0 Å². The molecule has 2 aromatic carbocycles. The van der Waals surface area contributed by atoms with Crippen molar-refractivity contribution in [2.75, 3.05) is 26.7 Å². The van der Waals surface area contributed by atoms with E-state index in [1.165, 1.54) is 59.0 Å². The normalized spacial score (nSPS) is 27.1. The van der Waals surface area contributed by atoms with Crippen LogP contribution in [-0.4, -0.2) is 51.6 Å². The molecule has 3 aliphatic rings. The summed E-state index contributed by atoms with van der Waals surface area (Å²) in [5.41, 5.74) is 8.26. The van der Waals surface area contributed by atoms with Crippen LogP contribution in [0.25, 0.3) is 21.8 Å². The first kappa shape index (κ1) is 21.5. The molecule has 4 aromatic rings. The van der Waals surface area contributed by atoms with Gasteiger partial charge in [-0.25, -0.2) is 0 Å². The van der Waals surface area contributed by atoms with E-state index in [-0.39, 0.29) is 0 Å². The van der Waals surface area contributed by atoms with E-state index < -0.39 is 0 Å². The van der Waals surface area contributed by atoms with Crippen molar-refractivity contribution in [2.24, 2.45) is 11.8 Å². The van der Waals surface area contributed by atoms with Gasteiger partial charge in [-0.15, -0.1) is 0 Å². The molecule has 0 spiro atoms. The fourth-order valence-electron chi connectivity index (χ4n) is 7.60. The number of aromatic amines is 2. The number of benzene rings is 2. The van der Waals surface area contributed by atoms with Gasteiger partial charge in [-0.05, 0) is 73.9 Å². The Morgan fingerprint density at radius 1 is 0.914 bits per heavy atom. The van der Waals surface area contributed by atoms with Crippen LogP contribution < -0.4 is 0 Å². The monoisotopic (exact) mass is 468 g/mol. The van der Waals surface area contributed by atoms with Gasteiger partial charge in [0.15, 0.2) is 0 Å². The third-order valence-electron chi connectivity index (χ3n) is 9.48. The number of piperidine rings is 1. The third kappa shape index (κ3) is 3.35. The quantitative estimate of drug-likeness (QED) is 0.350. The van der Waals surface area contributed by atoms with E-state index in [0.29, 0.717) is 23.8 Å². The molecule has 1 fully saturated rings. The SMILES string of the molecule is CC[C@H]1CN2CCc3c([nH]c4cc(O)ccc34)[C@@H]2C[C@@H]1C[C@H]1c2[nH]c3ccccc3c2CCN1C. The van der Waals surface area contributed by atoms with E-state index in [4.69, 9.17) is 0 Å². The number of hydrogen-bond donors (Lipinski definition) is 3. The molecule has 0 bridgehead atoms. The van der Waals surface area contributed by atoms with E-state index in [9.17, 15) is 5.11 Å². The number of nitrogens with one attached hydrogen (secondary N) is 2. The molecule has 3 aliphatic heterocycles. The molecular weight excluding hydrogens is 432 g/mol. The molecule has 35 heavy (non-hydrogen) atoms. The molecule has 0 amide bonds. The first-order chi connectivity index (χ1) is 17.1. The summed E-state index contributed by atoms with van der Waals surface area (Å²) in [4.78, 5) is 12.9. The Morgan fingerprint density at radius 2 is 1.69 bits per heavy atom. The zero-order chi connectivity index (χ0) is 23.7. The van der Waals surface area contributed by atoms with E-state index in [1.807, 2.05) is 12.1 Å². The molecule has 0 unspecified atom stereocenters. The smallest absolute Gasteiger partial charge is 0.117 e. The number of rotatable bonds is 3. The van der Waals surface area contributed by atoms with Gasteiger partial charge in [-0.2, -0.15) is 0 Å². The molecule has 0 radical (unpaired) electrons. The van der Waals surface area contributed by atoms with E-state index in [0.717, 1.165) is 37.4 Å². The van der Waals surface area contributed by atoms with Gasteiger partial charge in [0.2, 0.25) is 0 Å². The number of para-hydroxylation sites is 1. The summed E-state index contributed by atoms with van der Waals surface area (Å²) in [6.45, 7) is 5.86.